The SMILES string of the molecule is F[B-](F)(F)Cc1nccs1. The molecule has 0 N–H and O–H groups in total. The summed E-state index contributed by atoms with van der Waals surface area (Å²) in [5.41, 5.74) is 0. The van der Waals surface area contributed by atoms with Crippen LogP contribution in [0.5, 0.6) is 0 Å². The zero-order valence-corrected chi connectivity index (χ0v) is 5.75. The lowest BCUT2D eigenvalue weighted by Gasteiger charge is -2.09. The van der Waals surface area contributed by atoms with Crippen LogP contribution in [0.2, 0.25) is 0 Å². The largest absolute Gasteiger partial charge is 0.484 e. The predicted octanol–water partition coefficient (Wildman–Crippen LogP) is 2.07. The third kappa shape index (κ3) is 2.39. The van der Waals surface area contributed by atoms with E-state index in [1.165, 1.54) is 11.6 Å². The number of nitrogens with zero attached hydrogens (tertiary/aromatic N) is 1. The molecular weight excluding hydrogens is 162 g/mol. The van der Waals surface area contributed by atoms with Crippen LogP contribution < -0.4 is 0 Å². The van der Waals surface area contributed by atoms with Gasteiger partial charge in [-0.1, -0.05) is 0 Å². The van der Waals surface area contributed by atoms with Crippen LogP contribution >= 0.6 is 11.3 Å². The first-order chi connectivity index (χ1) is 4.58. The van der Waals surface area contributed by atoms with Crippen molar-refractivity contribution in [2.75, 3.05) is 0 Å². The van der Waals surface area contributed by atoms with Gasteiger partial charge in [-0.05, 0) is 6.32 Å². The van der Waals surface area contributed by atoms with Crippen molar-refractivity contribution >= 4 is 18.3 Å². The molecule has 10 heavy (non-hydrogen) atoms. The van der Waals surface area contributed by atoms with E-state index >= 15 is 0 Å². The standard InChI is InChI=1S/C4H4BF3NS/c6-5(7,8)3-4-9-1-2-10-4/h1-2H,3H2/q-1. The molecule has 0 fully saturated rings. The van der Waals surface area contributed by atoms with Gasteiger partial charge in [0.2, 0.25) is 0 Å². The summed E-state index contributed by atoms with van der Waals surface area (Å²) in [5, 5.41) is 1.68. The van der Waals surface area contributed by atoms with E-state index in [0.717, 1.165) is 11.3 Å². The maximum Gasteiger partial charge on any atom is 0.484 e. The molecule has 0 amide bonds. The van der Waals surface area contributed by atoms with Crippen molar-refractivity contribution < 1.29 is 12.9 Å². The number of halogens is 3. The maximum absolute atomic E-state index is 11.6. The third-order valence-electron chi connectivity index (χ3n) is 0.890. The molecule has 1 aromatic heterocycles. The topological polar surface area (TPSA) is 12.9 Å². The van der Waals surface area contributed by atoms with Gasteiger partial charge < -0.3 is 12.9 Å². The van der Waals surface area contributed by atoms with Crippen molar-refractivity contribution in [2.45, 2.75) is 6.32 Å². The predicted molar refractivity (Wildman–Crippen MR) is 34.9 cm³/mol. The molecule has 0 aliphatic heterocycles. The van der Waals surface area contributed by atoms with Crippen LogP contribution in [0.3, 0.4) is 0 Å². The van der Waals surface area contributed by atoms with Gasteiger partial charge in [-0.25, -0.2) is 0 Å². The molecule has 6 heteroatoms. The van der Waals surface area contributed by atoms with Crippen LogP contribution in [-0.4, -0.2) is 12.0 Å². The summed E-state index contributed by atoms with van der Waals surface area (Å²) in [6.45, 7) is -4.71. The average Bonchev–Trinajstić information content (AvgIpc) is 2.12. The summed E-state index contributed by atoms with van der Waals surface area (Å²) in [4.78, 5) is 3.52. The van der Waals surface area contributed by atoms with Crippen LogP contribution in [0.15, 0.2) is 11.6 Å². The summed E-state index contributed by atoms with van der Waals surface area (Å²) in [7, 11) is 0. The number of hydrogen-bond donors (Lipinski definition) is 0. The fourth-order valence-electron chi connectivity index (χ4n) is 0.552. The molecule has 0 radical (unpaired) electrons. The van der Waals surface area contributed by atoms with Crippen LogP contribution in [0.4, 0.5) is 12.9 Å². The first-order valence-corrected chi connectivity index (χ1v) is 3.55. The maximum atomic E-state index is 11.6. The molecule has 0 aliphatic rings. The van der Waals surface area contributed by atoms with Gasteiger partial charge in [0.25, 0.3) is 0 Å². The Hall–Kier alpha value is -0.515. The Bertz CT molecular complexity index is 195. The highest BCUT2D eigenvalue weighted by Crippen LogP contribution is 2.17. The van der Waals surface area contributed by atoms with Gasteiger partial charge >= 0.3 is 6.98 Å². The van der Waals surface area contributed by atoms with Crippen LogP contribution in [-0.2, 0) is 6.32 Å². The molecule has 0 aromatic carbocycles. The van der Waals surface area contributed by atoms with E-state index < -0.39 is 13.3 Å². The van der Waals surface area contributed by atoms with Crippen molar-refractivity contribution in [3.63, 3.8) is 0 Å². The average molecular weight is 166 g/mol. The van der Waals surface area contributed by atoms with Gasteiger partial charge in [-0.2, -0.15) is 0 Å². The molecule has 1 nitrogen and oxygen atoms in total. The number of rotatable bonds is 2. The Kier molecular flexibility index (Phi) is 1.98. The van der Waals surface area contributed by atoms with E-state index in [9.17, 15) is 12.9 Å². The monoisotopic (exact) mass is 166 g/mol. The Morgan fingerprint density at radius 2 is 2.20 bits per heavy atom. The highest BCUT2D eigenvalue weighted by Gasteiger charge is 2.24. The Labute approximate surface area is 60.0 Å². The van der Waals surface area contributed by atoms with Gasteiger partial charge in [0.15, 0.2) is 0 Å². The van der Waals surface area contributed by atoms with Crippen molar-refractivity contribution in [1.82, 2.24) is 4.98 Å². The Balaban J connectivity index is 2.57. The van der Waals surface area contributed by atoms with Crippen molar-refractivity contribution in [1.29, 1.82) is 0 Å². The van der Waals surface area contributed by atoms with Crippen molar-refractivity contribution in [2.24, 2.45) is 0 Å². The van der Waals surface area contributed by atoms with Crippen LogP contribution in [0, 0.1) is 0 Å². The second-order valence-electron chi connectivity index (χ2n) is 1.84. The van der Waals surface area contributed by atoms with Gasteiger partial charge in [0.1, 0.15) is 0 Å². The Morgan fingerprint density at radius 1 is 1.50 bits per heavy atom. The molecule has 1 rings (SSSR count). The number of aromatic nitrogens is 1. The second kappa shape index (κ2) is 2.61. The first-order valence-electron chi connectivity index (χ1n) is 2.67. The lowest BCUT2D eigenvalue weighted by molar-refractivity contribution is 0.468. The van der Waals surface area contributed by atoms with E-state index in [0.29, 0.717) is 0 Å². The summed E-state index contributed by atoms with van der Waals surface area (Å²) < 4.78 is 34.9. The first kappa shape index (κ1) is 7.59. The second-order valence-corrected chi connectivity index (χ2v) is 2.82. The van der Waals surface area contributed by atoms with Crippen LogP contribution in [0.1, 0.15) is 5.01 Å². The minimum atomic E-state index is -4.71. The lowest BCUT2D eigenvalue weighted by Crippen LogP contribution is -2.18. The quantitative estimate of drug-likeness (QED) is 0.612. The van der Waals surface area contributed by atoms with Crippen LogP contribution in [0.25, 0.3) is 0 Å². The molecule has 0 atom stereocenters. The van der Waals surface area contributed by atoms with E-state index in [1.807, 2.05) is 0 Å². The fourth-order valence-corrected chi connectivity index (χ4v) is 1.24. The molecule has 1 heterocycles. The molecule has 1 aromatic rings. The van der Waals surface area contributed by atoms with Gasteiger partial charge in [0, 0.05) is 11.6 Å². The van der Waals surface area contributed by atoms with Gasteiger partial charge in [-0.15, -0.1) is 11.3 Å². The summed E-state index contributed by atoms with van der Waals surface area (Å²) >= 11 is 1.03. The molecule has 0 aliphatic carbocycles. The molecule has 0 spiro atoms. The van der Waals surface area contributed by atoms with E-state index in [-0.39, 0.29) is 5.01 Å². The minimum absolute atomic E-state index is 0.146. The van der Waals surface area contributed by atoms with Crippen molar-refractivity contribution in [3.8, 4) is 0 Å². The van der Waals surface area contributed by atoms with E-state index in [1.54, 1.807) is 0 Å². The Morgan fingerprint density at radius 3 is 2.60 bits per heavy atom. The highest BCUT2D eigenvalue weighted by molar-refractivity contribution is 7.09. The molecular formula is C4H4BF3NS-. The summed E-state index contributed by atoms with van der Waals surface area (Å²) in [5.74, 6) is 0. The molecule has 0 unspecified atom stereocenters. The highest BCUT2D eigenvalue weighted by atomic mass is 32.1. The molecule has 0 saturated carbocycles. The fraction of sp³-hybridized carbons (Fsp3) is 0.250. The molecule has 0 bridgehead atoms. The smallest absolute Gasteiger partial charge is 0.449 e. The number of hydrogen-bond acceptors (Lipinski definition) is 2. The summed E-state index contributed by atoms with van der Waals surface area (Å²) in [6, 6.07) is 0. The summed E-state index contributed by atoms with van der Waals surface area (Å²) in [6.07, 6.45) is 0.527. The van der Waals surface area contributed by atoms with Crippen molar-refractivity contribution in [3.05, 3.63) is 16.6 Å². The normalized spacial score (nSPS) is 11.9. The minimum Gasteiger partial charge on any atom is -0.449 e. The molecule has 56 valence electrons. The third-order valence-corrected chi connectivity index (χ3v) is 1.69. The molecule has 0 saturated heterocycles. The zero-order chi connectivity index (χ0) is 7.61. The lowest BCUT2D eigenvalue weighted by atomic mass is 9.87. The van der Waals surface area contributed by atoms with E-state index in [2.05, 4.69) is 4.98 Å². The van der Waals surface area contributed by atoms with E-state index in [4.69, 9.17) is 0 Å². The van der Waals surface area contributed by atoms with Gasteiger partial charge in [-0.3, -0.25) is 4.98 Å². The zero-order valence-electron chi connectivity index (χ0n) is 4.93. The van der Waals surface area contributed by atoms with Gasteiger partial charge in [0.05, 0.1) is 5.01 Å². The number of thiazole rings is 1.